The number of nitrogens with one attached hydrogen (secondary N) is 1. The second-order valence-corrected chi connectivity index (χ2v) is 6.73. The van der Waals surface area contributed by atoms with Gasteiger partial charge in [0, 0.05) is 16.3 Å². The fourth-order valence-corrected chi connectivity index (χ4v) is 3.35. The van der Waals surface area contributed by atoms with E-state index in [1.54, 1.807) is 0 Å². The predicted octanol–water partition coefficient (Wildman–Crippen LogP) is 5.26. The van der Waals surface area contributed by atoms with Gasteiger partial charge < -0.3 is 5.32 Å². The molecule has 0 aliphatic heterocycles. The highest BCUT2D eigenvalue weighted by atomic mass is 32.2. The summed E-state index contributed by atoms with van der Waals surface area (Å²) in [5.74, 6) is 0. The number of hydrogen-bond donors (Lipinski definition) is 1. The molecular formula is C19H25NS. The lowest BCUT2D eigenvalue weighted by atomic mass is 10.1. The van der Waals surface area contributed by atoms with E-state index in [4.69, 9.17) is 0 Å². The van der Waals surface area contributed by atoms with Gasteiger partial charge >= 0.3 is 0 Å². The molecule has 2 aromatic rings. The van der Waals surface area contributed by atoms with Crippen molar-refractivity contribution in [2.24, 2.45) is 0 Å². The molecule has 21 heavy (non-hydrogen) atoms. The van der Waals surface area contributed by atoms with Crippen LogP contribution in [0.1, 0.15) is 35.6 Å². The van der Waals surface area contributed by atoms with Crippen molar-refractivity contribution in [3.05, 3.63) is 58.7 Å². The number of benzene rings is 2. The van der Waals surface area contributed by atoms with Crippen LogP contribution in [-0.4, -0.2) is 6.54 Å². The zero-order valence-electron chi connectivity index (χ0n) is 13.5. The Bertz CT molecular complexity index is 605. The largest absolute Gasteiger partial charge is 0.313 e. The van der Waals surface area contributed by atoms with Gasteiger partial charge in [0.05, 0.1) is 0 Å². The molecule has 0 heterocycles. The summed E-state index contributed by atoms with van der Waals surface area (Å²) < 4.78 is 0. The van der Waals surface area contributed by atoms with E-state index in [2.05, 4.69) is 69.4 Å². The minimum absolute atomic E-state index is 0.961. The van der Waals surface area contributed by atoms with E-state index in [-0.39, 0.29) is 0 Å². The quantitative estimate of drug-likeness (QED) is 0.730. The summed E-state index contributed by atoms with van der Waals surface area (Å²) >= 11 is 1.87. The Morgan fingerprint density at radius 3 is 2.43 bits per heavy atom. The number of rotatable bonds is 6. The molecule has 2 aromatic carbocycles. The van der Waals surface area contributed by atoms with Crippen LogP contribution < -0.4 is 5.32 Å². The van der Waals surface area contributed by atoms with Crippen molar-refractivity contribution in [1.82, 2.24) is 5.32 Å². The fraction of sp³-hybridized carbons (Fsp3) is 0.368. The summed E-state index contributed by atoms with van der Waals surface area (Å²) in [6.45, 7) is 10.8. The molecule has 0 saturated carbocycles. The van der Waals surface area contributed by atoms with Crippen LogP contribution in [0.2, 0.25) is 0 Å². The minimum Gasteiger partial charge on any atom is -0.313 e. The van der Waals surface area contributed by atoms with Gasteiger partial charge in [-0.1, -0.05) is 43.0 Å². The SMILES string of the molecule is CCCNCc1ccc(Sc2cc(C)ccc2C)c(C)c1. The van der Waals surface area contributed by atoms with Crippen molar-refractivity contribution in [2.45, 2.75) is 50.5 Å². The van der Waals surface area contributed by atoms with Crippen molar-refractivity contribution >= 4 is 11.8 Å². The zero-order chi connectivity index (χ0) is 15.2. The molecule has 1 nitrogen and oxygen atoms in total. The molecule has 0 atom stereocenters. The van der Waals surface area contributed by atoms with Crippen LogP contribution in [0.3, 0.4) is 0 Å². The highest BCUT2D eigenvalue weighted by molar-refractivity contribution is 7.99. The summed E-state index contributed by atoms with van der Waals surface area (Å²) in [7, 11) is 0. The van der Waals surface area contributed by atoms with E-state index in [9.17, 15) is 0 Å². The van der Waals surface area contributed by atoms with Crippen molar-refractivity contribution in [3.63, 3.8) is 0 Å². The molecule has 0 amide bonds. The highest BCUT2D eigenvalue weighted by Crippen LogP contribution is 2.33. The van der Waals surface area contributed by atoms with E-state index in [1.807, 2.05) is 11.8 Å². The van der Waals surface area contributed by atoms with E-state index in [0.29, 0.717) is 0 Å². The first-order valence-corrected chi connectivity index (χ1v) is 8.47. The molecule has 0 saturated heterocycles. The maximum atomic E-state index is 3.46. The van der Waals surface area contributed by atoms with Crippen LogP contribution in [0.5, 0.6) is 0 Å². The molecule has 0 aliphatic rings. The van der Waals surface area contributed by atoms with Gasteiger partial charge in [0.2, 0.25) is 0 Å². The topological polar surface area (TPSA) is 12.0 Å². The molecule has 0 bridgehead atoms. The molecule has 2 rings (SSSR count). The summed E-state index contributed by atoms with van der Waals surface area (Å²) in [4.78, 5) is 2.71. The van der Waals surface area contributed by atoms with Gasteiger partial charge in [0.15, 0.2) is 0 Å². The third-order valence-corrected chi connectivity index (χ3v) is 4.90. The third kappa shape index (κ3) is 4.62. The molecule has 0 aromatic heterocycles. The Hall–Kier alpha value is -1.25. The van der Waals surface area contributed by atoms with Gasteiger partial charge in [-0.2, -0.15) is 0 Å². The van der Waals surface area contributed by atoms with Crippen LogP contribution in [0.4, 0.5) is 0 Å². The van der Waals surface area contributed by atoms with Crippen molar-refractivity contribution in [3.8, 4) is 0 Å². The molecule has 0 radical (unpaired) electrons. The van der Waals surface area contributed by atoms with E-state index in [0.717, 1.165) is 13.1 Å². The van der Waals surface area contributed by atoms with Crippen molar-refractivity contribution < 1.29 is 0 Å². The first-order valence-electron chi connectivity index (χ1n) is 7.65. The van der Waals surface area contributed by atoms with Gasteiger partial charge in [-0.05, 0) is 68.1 Å². The zero-order valence-corrected chi connectivity index (χ0v) is 14.3. The highest BCUT2D eigenvalue weighted by Gasteiger charge is 2.05. The average molecular weight is 299 g/mol. The maximum absolute atomic E-state index is 3.46. The Morgan fingerprint density at radius 2 is 1.71 bits per heavy atom. The fourth-order valence-electron chi connectivity index (χ4n) is 2.28. The normalized spacial score (nSPS) is 10.9. The van der Waals surface area contributed by atoms with Crippen LogP contribution >= 0.6 is 11.8 Å². The lowest BCUT2D eigenvalue weighted by Gasteiger charge is -2.11. The van der Waals surface area contributed by atoms with Crippen LogP contribution in [-0.2, 0) is 6.54 Å². The molecular weight excluding hydrogens is 274 g/mol. The van der Waals surface area contributed by atoms with E-state index < -0.39 is 0 Å². The summed E-state index contributed by atoms with van der Waals surface area (Å²) in [6, 6.07) is 13.4. The molecule has 0 spiro atoms. The van der Waals surface area contributed by atoms with E-state index in [1.165, 1.54) is 38.5 Å². The molecule has 2 heteroatoms. The van der Waals surface area contributed by atoms with Crippen LogP contribution in [0.25, 0.3) is 0 Å². The summed E-state index contributed by atoms with van der Waals surface area (Å²) in [6.07, 6.45) is 1.18. The maximum Gasteiger partial charge on any atom is 0.0205 e. The Labute approximate surface area is 133 Å². The Morgan fingerprint density at radius 1 is 0.905 bits per heavy atom. The number of aryl methyl sites for hydroxylation is 3. The molecule has 1 N–H and O–H groups in total. The molecule has 112 valence electrons. The van der Waals surface area contributed by atoms with Gasteiger partial charge in [0.25, 0.3) is 0 Å². The standard InChI is InChI=1S/C19H25NS/c1-5-10-20-13-17-8-9-18(16(4)12-17)21-19-11-14(2)6-7-15(19)3/h6-9,11-12,20H,5,10,13H2,1-4H3. The van der Waals surface area contributed by atoms with E-state index >= 15 is 0 Å². The second kappa shape index (κ2) is 7.67. The first-order chi connectivity index (χ1) is 10.1. The Kier molecular flexibility index (Phi) is 5.89. The lowest BCUT2D eigenvalue weighted by Crippen LogP contribution is -2.13. The van der Waals surface area contributed by atoms with Crippen LogP contribution in [0.15, 0.2) is 46.2 Å². The van der Waals surface area contributed by atoms with Gasteiger partial charge in [-0.25, -0.2) is 0 Å². The van der Waals surface area contributed by atoms with Gasteiger partial charge in [-0.15, -0.1) is 0 Å². The Balaban J connectivity index is 2.12. The minimum atomic E-state index is 0.961. The van der Waals surface area contributed by atoms with Crippen molar-refractivity contribution in [1.29, 1.82) is 0 Å². The summed E-state index contributed by atoms with van der Waals surface area (Å²) in [5, 5.41) is 3.46. The predicted molar refractivity (Wildman–Crippen MR) is 93.2 cm³/mol. The summed E-state index contributed by atoms with van der Waals surface area (Å²) in [5.41, 5.74) is 5.39. The first kappa shape index (κ1) is 16.1. The van der Waals surface area contributed by atoms with Gasteiger partial charge in [0.1, 0.15) is 0 Å². The van der Waals surface area contributed by atoms with Crippen LogP contribution in [0, 0.1) is 20.8 Å². The molecule has 0 fully saturated rings. The average Bonchev–Trinajstić information content (AvgIpc) is 2.46. The van der Waals surface area contributed by atoms with Gasteiger partial charge in [-0.3, -0.25) is 0 Å². The monoisotopic (exact) mass is 299 g/mol. The van der Waals surface area contributed by atoms with Crippen molar-refractivity contribution in [2.75, 3.05) is 6.54 Å². The third-order valence-electron chi connectivity index (χ3n) is 3.56. The molecule has 0 unspecified atom stereocenters. The smallest absolute Gasteiger partial charge is 0.0205 e. The molecule has 0 aliphatic carbocycles. The second-order valence-electron chi connectivity index (χ2n) is 5.65. The number of hydrogen-bond acceptors (Lipinski definition) is 2. The lowest BCUT2D eigenvalue weighted by molar-refractivity contribution is 0.675.